The molecule has 1 heterocycles. The Hall–Kier alpha value is -2.01. The normalized spacial score (nSPS) is 10.0. The Morgan fingerprint density at radius 1 is 1.21 bits per heavy atom. The lowest BCUT2D eigenvalue weighted by molar-refractivity contribution is 0.102. The molecule has 1 amide bonds. The summed E-state index contributed by atoms with van der Waals surface area (Å²) < 4.78 is 0. The van der Waals surface area contributed by atoms with Crippen LogP contribution in [0.1, 0.15) is 10.5 Å². The predicted molar refractivity (Wildman–Crippen MR) is 80.0 cm³/mol. The number of hydrogen-bond donors (Lipinski definition) is 2. The van der Waals surface area contributed by atoms with Crippen molar-refractivity contribution in [1.82, 2.24) is 4.98 Å². The minimum Gasteiger partial charge on any atom is -0.388 e. The van der Waals surface area contributed by atoms with Crippen molar-refractivity contribution in [2.45, 2.75) is 4.90 Å². The van der Waals surface area contributed by atoms with Gasteiger partial charge in [-0.25, -0.2) is 0 Å². The molecular formula is C14H15N3OS. The molecule has 0 bridgehead atoms. The zero-order valence-electron chi connectivity index (χ0n) is 10.8. The van der Waals surface area contributed by atoms with Crippen LogP contribution in [0.15, 0.2) is 47.5 Å². The van der Waals surface area contributed by atoms with Crippen molar-refractivity contribution in [1.29, 1.82) is 0 Å². The van der Waals surface area contributed by atoms with Crippen molar-refractivity contribution in [3.63, 3.8) is 0 Å². The number of carbonyl (C=O) groups is 1. The highest BCUT2D eigenvalue weighted by atomic mass is 32.2. The third-order valence-corrected chi connectivity index (χ3v) is 3.33. The summed E-state index contributed by atoms with van der Waals surface area (Å²) in [5.74, 6) is -0.213. The molecule has 0 spiro atoms. The second-order valence-corrected chi connectivity index (χ2v) is 4.75. The van der Waals surface area contributed by atoms with Crippen molar-refractivity contribution in [3.05, 3.63) is 48.3 Å². The highest BCUT2D eigenvalue weighted by Crippen LogP contribution is 2.19. The van der Waals surface area contributed by atoms with Crippen molar-refractivity contribution < 1.29 is 4.79 Å². The maximum atomic E-state index is 12.1. The Kier molecular flexibility index (Phi) is 4.41. The predicted octanol–water partition coefficient (Wildman–Crippen LogP) is 3.10. The molecule has 0 radical (unpaired) electrons. The first-order valence-electron chi connectivity index (χ1n) is 5.82. The van der Waals surface area contributed by atoms with Gasteiger partial charge in [0.05, 0.1) is 0 Å². The van der Waals surface area contributed by atoms with Crippen LogP contribution >= 0.6 is 11.8 Å². The molecule has 0 aliphatic heterocycles. The summed E-state index contributed by atoms with van der Waals surface area (Å²) in [4.78, 5) is 17.2. The SMILES string of the molecule is CNc1ccnc(C(=O)Nc2cccc(SC)c2)c1. The zero-order valence-corrected chi connectivity index (χ0v) is 11.6. The number of hydrogen-bond acceptors (Lipinski definition) is 4. The van der Waals surface area contributed by atoms with Gasteiger partial charge in [0.1, 0.15) is 5.69 Å². The van der Waals surface area contributed by atoms with E-state index < -0.39 is 0 Å². The van der Waals surface area contributed by atoms with Crippen molar-refractivity contribution in [2.75, 3.05) is 23.9 Å². The Morgan fingerprint density at radius 2 is 2.05 bits per heavy atom. The average Bonchev–Trinajstić information content (AvgIpc) is 2.47. The fourth-order valence-electron chi connectivity index (χ4n) is 1.61. The molecule has 2 aromatic rings. The summed E-state index contributed by atoms with van der Waals surface area (Å²) in [6, 6.07) is 11.2. The van der Waals surface area contributed by atoms with Crippen LogP contribution in [0.3, 0.4) is 0 Å². The number of rotatable bonds is 4. The van der Waals surface area contributed by atoms with Gasteiger partial charge in [-0.1, -0.05) is 6.07 Å². The minimum absolute atomic E-state index is 0.213. The largest absolute Gasteiger partial charge is 0.388 e. The Labute approximate surface area is 116 Å². The lowest BCUT2D eigenvalue weighted by Crippen LogP contribution is -2.13. The lowest BCUT2D eigenvalue weighted by Gasteiger charge is -2.07. The maximum absolute atomic E-state index is 12.1. The van der Waals surface area contributed by atoms with Crippen molar-refractivity contribution >= 4 is 29.0 Å². The molecule has 0 saturated heterocycles. The van der Waals surface area contributed by atoms with Crippen LogP contribution in [0.2, 0.25) is 0 Å². The van der Waals surface area contributed by atoms with E-state index in [1.165, 1.54) is 0 Å². The minimum atomic E-state index is -0.213. The lowest BCUT2D eigenvalue weighted by atomic mass is 10.2. The summed E-state index contributed by atoms with van der Waals surface area (Å²) >= 11 is 1.64. The molecule has 0 atom stereocenters. The highest BCUT2D eigenvalue weighted by molar-refractivity contribution is 7.98. The topological polar surface area (TPSA) is 54.0 Å². The molecule has 19 heavy (non-hydrogen) atoms. The fourth-order valence-corrected chi connectivity index (χ4v) is 2.07. The summed E-state index contributed by atoms with van der Waals surface area (Å²) in [6.07, 6.45) is 3.61. The van der Waals surface area contributed by atoms with Crippen LogP contribution < -0.4 is 10.6 Å². The number of thioether (sulfide) groups is 1. The van der Waals surface area contributed by atoms with Gasteiger partial charge in [-0.3, -0.25) is 9.78 Å². The smallest absolute Gasteiger partial charge is 0.274 e. The van der Waals surface area contributed by atoms with E-state index in [1.807, 2.05) is 36.6 Å². The van der Waals surface area contributed by atoms with Crippen LogP contribution in [0.25, 0.3) is 0 Å². The van der Waals surface area contributed by atoms with Crippen molar-refractivity contribution in [3.8, 4) is 0 Å². The molecule has 2 rings (SSSR count). The molecular weight excluding hydrogens is 258 g/mol. The number of nitrogens with zero attached hydrogens (tertiary/aromatic N) is 1. The molecule has 1 aromatic carbocycles. The summed E-state index contributed by atoms with van der Waals surface area (Å²) in [5, 5.41) is 5.82. The maximum Gasteiger partial charge on any atom is 0.274 e. The molecule has 98 valence electrons. The van der Waals surface area contributed by atoms with Gasteiger partial charge in [-0.15, -0.1) is 11.8 Å². The molecule has 1 aromatic heterocycles. The number of benzene rings is 1. The number of pyridine rings is 1. The molecule has 0 aliphatic carbocycles. The Bertz CT molecular complexity index is 586. The number of carbonyl (C=O) groups excluding carboxylic acids is 1. The average molecular weight is 273 g/mol. The monoisotopic (exact) mass is 273 g/mol. The second-order valence-electron chi connectivity index (χ2n) is 3.87. The molecule has 0 fully saturated rings. The molecule has 0 saturated carbocycles. The molecule has 0 unspecified atom stereocenters. The summed E-state index contributed by atoms with van der Waals surface area (Å²) in [6.45, 7) is 0. The van der Waals surface area contributed by atoms with E-state index in [2.05, 4.69) is 15.6 Å². The van der Waals surface area contributed by atoms with E-state index in [4.69, 9.17) is 0 Å². The number of aromatic nitrogens is 1. The highest BCUT2D eigenvalue weighted by Gasteiger charge is 2.08. The van der Waals surface area contributed by atoms with Gasteiger partial charge >= 0.3 is 0 Å². The van der Waals surface area contributed by atoms with Gasteiger partial charge < -0.3 is 10.6 Å². The van der Waals surface area contributed by atoms with Crippen LogP contribution in [-0.2, 0) is 0 Å². The van der Waals surface area contributed by atoms with Gasteiger partial charge in [-0.2, -0.15) is 0 Å². The molecule has 2 N–H and O–H groups in total. The number of nitrogens with one attached hydrogen (secondary N) is 2. The quantitative estimate of drug-likeness (QED) is 0.840. The third-order valence-electron chi connectivity index (χ3n) is 2.61. The van der Waals surface area contributed by atoms with E-state index in [-0.39, 0.29) is 5.91 Å². The van der Waals surface area contributed by atoms with Gasteiger partial charge in [0.25, 0.3) is 5.91 Å². The Balaban J connectivity index is 2.15. The van der Waals surface area contributed by atoms with Gasteiger partial charge in [0, 0.05) is 29.5 Å². The van der Waals surface area contributed by atoms with Crippen molar-refractivity contribution in [2.24, 2.45) is 0 Å². The first kappa shape index (κ1) is 13.4. The van der Waals surface area contributed by atoms with E-state index in [0.717, 1.165) is 16.3 Å². The first-order chi connectivity index (χ1) is 9.22. The van der Waals surface area contributed by atoms with Crippen LogP contribution in [0, 0.1) is 0 Å². The standard InChI is InChI=1S/C14H15N3OS/c1-15-10-6-7-16-13(9-10)14(18)17-11-4-3-5-12(8-11)19-2/h3-9H,1-2H3,(H,15,16)(H,17,18). The number of amides is 1. The fraction of sp³-hybridized carbons (Fsp3) is 0.143. The second kappa shape index (κ2) is 6.24. The first-order valence-corrected chi connectivity index (χ1v) is 7.04. The van der Waals surface area contributed by atoms with Crippen LogP contribution in [0.4, 0.5) is 11.4 Å². The Morgan fingerprint density at radius 3 is 2.79 bits per heavy atom. The zero-order chi connectivity index (χ0) is 13.7. The van der Waals surface area contributed by atoms with E-state index in [0.29, 0.717) is 5.69 Å². The molecule has 0 aliphatic rings. The van der Waals surface area contributed by atoms with E-state index in [9.17, 15) is 4.79 Å². The number of anilines is 2. The van der Waals surface area contributed by atoms with Gasteiger partial charge in [0.15, 0.2) is 0 Å². The molecule has 5 heteroatoms. The van der Waals surface area contributed by atoms with Gasteiger partial charge in [-0.05, 0) is 36.6 Å². The third kappa shape index (κ3) is 3.48. The van der Waals surface area contributed by atoms with Crippen LogP contribution in [0.5, 0.6) is 0 Å². The summed E-state index contributed by atoms with van der Waals surface area (Å²) in [5.41, 5.74) is 2.02. The summed E-state index contributed by atoms with van der Waals surface area (Å²) in [7, 11) is 1.80. The van der Waals surface area contributed by atoms with E-state index >= 15 is 0 Å². The van der Waals surface area contributed by atoms with Crippen LogP contribution in [-0.4, -0.2) is 24.2 Å². The molecule has 4 nitrogen and oxygen atoms in total. The van der Waals surface area contributed by atoms with Gasteiger partial charge in [0.2, 0.25) is 0 Å². The van der Waals surface area contributed by atoms with E-state index in [1.54, 1.807) is 31.1 Å².